The minimum absolute atomic E-state index is 0.00505. The molecular weight excluding hydrogens is 276 g/mol. The molecule has 0 bridgehead atoms. The molecule has 0 spiro atoms. The van der Waals surface area contributed by atoms with Gasteiger partial charge < -0.3 is 9.47 Å². The largest absolute Gasteiger partial charge is 0.464 e. The van der Waals surface area contributed by atoms with Crippen molar-refractivity contribution in [2.24, 2.45) is 0 Å². The lowest BCUT2D eigenvalue weighted by atomic mass is 10.5. The zero-order chi connectivity index (χ0) is 14.0. The average Bonchev–Trinajstić information content (AvgIpc) is 2.25. The fourth-order valence-corrected chi connectivity index (χ4v) is 2.66. The van der Waals surface area contributed by atoms with Crippen LogP contribution in [0.1, 0.15) is 20.8 Å². The highest BCUT2D eigenvalue weighted by atomic mass is 32.2. The summed E-state index contributed by atoms with van der Waals surface area (Å²) < 4.78 is 9.88. The van der Waals surface area contributed by atoms with Crippen LogP contribution in [0.15, 0.2) is 0 Å². The first-order valence-electron chi connectivity index (χ1n) is 5.49. The summed E-state index contributed by atoms with van der Waals surface area (Å²) in [5.41, 5.74) is 0. The normalized spacial score (nSPS) is 11.9. The highest BCUT2D eigenvalue weighted by Gasteiger charge is 2.15. The molecule has 0 aliphatic heterocycles. The van der Waals surface area contributed by atoms with Gasteiger partial charge in [-0.2, -0.15) is 0 Å². The van der Waals surface area contributed by atoms with Crippen molar-refractivity contribution in [3.8, 4) is 0 Å². The molecule has 0 radical (unpaired) electrons. The van der Waals surface area contributed by atoms with Crippen LogP contribution >= 0.6 is 23.5 Å². The van der Waals surface area contributed by atoms with E-state index in [0.717, 1.165) is 23.5 Å². The number of rotatable bonds is 8. The van der Waals surface area contributed by atoms with Gasteiger partial charge in [-0.1, -0.05) is 23.5 Å². The number of hydrogen-bond acceptors (Lipinski definition) is 7. The third kappa shape index (κ3) is 10.6. The molecule has 0 aromatic rings. The van der Waals surface area contributed by atoms with E-state index in [1.807, 2.05) is 0 Å². The Kier molecular flexibility index (Phi) is 10.1. The summed E-state index contributed by atoms with van der Waals surface area (Å²) >= 11 is 2.26. The molecule has 0 rings (SSSR count). The van der Waals surface area contributed by atoms with Gasteiger partial charge in [0.1, 0.15) is 6.61 Å². The second kappa shape index (κ2) is 10.4. The minimum atomic E-state index is -0.428. The second-order valence-corrected chi connectivity index (χ2v) is 6.03. The van der Waals surface area contributed by atoms with Crippen LogP contribution in [0.2, 0.25) is 0 Å². The van der Waals surface area contributed by atoms with Gasteiger partial charge in [-0.05, 0) is 6.92 Å². The van der Waals surface area contributed by atoms with Gasteiger partial charge in [0, 0.05) is 24.9 Å². The Labute approximate surface area is 115 Å². The van der Waals surface area contributed by atoms with Crippen molar-refractivity contribution >= 4 is 39.7 Å². The van der Waals surface area contributed by atoms with Gasteiger partial charge in [-0.15, -0.1) is 0 Å². The van der Waals surface area contributed by atoms with E-state index in [2.05, 4.69) is 0 Å². The van der Waals surface area contributed by atoms with Crippen molar-refractivity contribution in [3.63, 3.8) is 0 Å². The van der Waals surface area contributed by atoms with Crippen molar-refractivity contribution in [3.05, 3.63) is 0 Å². The van der Waals surface area contributed by atoms with Crippen molar-refractivity contribution in [2.75, 3.05) is 25.6 Å². The van der Waals surface area contributed by atoms with Crippen LogP contribution in [0.3, 0.4) is 0 Å². The van der Waals surface area contributed by atoms with E-state index in [-0.39, 0.29) is 28.7 Å². The summed E-state index contributed by atoms with van der Waals surface area (Å²) in [5.74, 6) is 0.0610. The molecule has 0 fully saturated rings. The molecule has 0 N–H and O–H groups in total. The zero-order valence-corrected chi connectivity index (χ0v) is 12.4. The van der Waals surface area contributed by atoms with Crippen molar-refractivity contribution in [2.45, 2.75) is 26.0 Å². The molecule has 7 heteroatoms. The second-order valence-electron chi connectivity index (χ2n) is 3.35. The first-order chi connectivity index (χ1) is 8.45. The summed E-state index contributed by atoms with van der Waals surface area (Å²) in [6, 6.07) is 0. The van der Waals surface area contributed by atoms with Gasteiger partial charge in [0.05, 0.1) is 13.2 Å². The van der Waals surface area contributed by atoms with E-state index in [0.29, 0.717) is 12.4 Å². The smallest absolute Gasteiger partial charge is 0.332 e. The number of carbonyl (C=O) groups excluding carboxylic acids is 3. The predicted molar refractivity (Wildman–Crippen MR) is 72.7 cm³/mol. The first-order valence-corrected chi connectivity index (χ1v) is 7.36. The maximum absolute atomic E-state index is 11.0. The zero-order valence-electron chi connectivity index (χ0n) is 10.8. The fraction of sp³-hybridized carbons (Fsp3) is 0.727. The Hall–Kier alpha value is -0.530. The number of ether oxygens (including phenoxy) is 2. The Morgan fingerprint density at radius 3 is 2.33 bits per heavy atom. The number of esters is 1. The van der Waals surface area contributed by atoms with Crippen LogP contribution in [-0.4, -0.2) is 47.0 Å². The van der Waals surface area contributed by atoms with Gasteiger partial charge >= 0.3 is 5.97 Å². The molecule has 18 heavy (non-hydrogen) atoms. The molecule has 0 saturated heterocycles. The maximum Gasteiger partial charge on any atom is 0.332 e. The standard InChI is InChI=1S/C11H18O5S2/c1-4-16-11(14)6-15-5-10(18-9(3)13)7-17-8(2)12/h10H,4-7H2,1-3H3. The molecule has 0 aliphatic rings. The van der Waals surface area contributed by atoms with Crippen LogP contribution in [-0.2, 0) is 23.9 Å². The maximum atomic E-state index is 11.0. The highest BCUT2D eigenvalue weighted by Crippen LogP contribution is 2.18. The van der Waals surface area contributed by atoms with Crippen molar-refractivity contribution in [1.82, 2.24) is 0 Å². The molecule has 0 amide bonds. The topological polar surface area (TPSA) is 69.7 Å². The van der Waals surface area contributed by atoms with Crippen LogP contribution < -0.4 is 0 Å². The fourth-order valence-electron chi connectivity index (χ4n) is 1.04. The van der Waals surface area contributed by atoms with E-state index in [4.69, 9.17) is 9.47 Å². The molecule has 0 heterocycles. The molecule has 1 unspecified atom stereocenters. The SMILES string of the molecule is CCOC(=O)COCC(CSC(C)=O)SC(C)=O. The minimum Gasteiger partial charge on any atom is -0.464 e. The monoisotopic (exact) mass is 294 g/mol. The number of hydrogen-bond donors (Lipinski definition) is 0. The molecule has 104 valence electrons. The number of thioether (sulfide) groups is 2. The Bertz CT molecular complexity index is 293. The van der Waals surface area contributed by atoms with Crippen molar-refractivity contribution in [1.29, 1.82) is 0 Å². The lowest BCUT2D eigenvalue weighted by Gasteiger charge is -2.13. The quantitative estimate of drug-likeness (QED) is 0.628. The first kappa shape index (κ1) is 17.5. The van der Waals surface area contributed by atoms with E-state index >= 15 is 0 Å². The third-order valence-electron chi connectivity index (χ3n) is 1.63. The summed E-state index contributed by atoms with van der Waals surface area (Å²) in [5, 5.41) is -0.177. The third-order valence-corrected chi connectivity index (χ3v) is 3.79. The molecule has 0 aromatic heterocycles. The van der Waals surface area contributed by atoms with Crippen LogP contribution in [0.4, 0.5) is 0 Å². The van der Waals surface area contributed by atoms with Crippen LogP contribution in [0.25, 0.3) is 0 Å². The Balaban J connectivity index is 3.95. The van der Waals surface area contributed by atoms with E-state index in [9.17, 15) is 14.4 Å². The van der Waals surface area contributed by atoms with E-state index in [1.165, 1.54) is 13.8 Å². The molecule has 0 aliphatic carbocycles. The summed E-state index contributed by atoms with van der Waals surface area (Å²) in [7, 11) is 0. The van der Waals surface area contributed by atoms with Crippen LogP contribution in [0, 0.1) is 0 Å². The molecule has 5 nitrogen and oxygen atoms in total. The average molecular weight is 294 g/mol. The predicted octanol–water partition coefficient (Wildman–Crippen LogP) is 1.49. The molecular formula is C11H18O5S2. The summed E-state index contributed by atoms with van der Waals surface area (Å²) in [4.78, 5) is 32.9. The Morgan fingerprint density at radius 2 is 1.83 bits per heavy atom. The summed E-state index contributed by atoms with van der Waals surface area (Å²) in [6.07, 6.45) is 0. The molecule has 0 aromatic carbocycles. The van der Waals surface area contributed by atoms with E-state index in [1.54, 1.807) is 6.92 Å². The highest BCUT2D eigenvalue weighted by molar-refractivity contribution is 8.17. The van der Waals surface area contributed by atoms with Crippen LogP contribution in [0.5, 0.6) is 0 Å². The van der Waals surface area contributed by atoms with Gasteiger partial charge in [-0.25, -0.2) is 4.79 Å². The Morgan fingerprint density at radius 1 is 1.17 bits per heavy atom. The van der Waals surface area contributed by atoms with E-state index < -0.39 is 5.97 Å². The van der Waals surface area contributed by atoms with Gasteiger partial charge in [0.2, 0.25) is 0 Å². The van der Waals surface area contributed by atoms with Gasteiger partial charge in [0.25, 0.3) is 0 Å². The van der Waals surface area contributed by atoms with Gasteiger partial charge in [0.15, 0.2) is 10.2 Å². The molecule has 0 saturated carbocycles. The molecule has 1 atom stereocenters. The van der Waals surface area contributed by atoms with Crippen molar-refractivity contribution < 1.29 is 23.9 Å². The number of carbonyl (C=O) groups is 3. The summed E-state index contributed by atoms with van der Waals surface area (Å²) in [6.45, 7) is 5.07. The lowest BCUT2D eigenvalue weighted by molar-refractivity contribution is -0.148. The lowest BCUT2D eigenvalue weighted by Crippen LogP contribution is -2.21. The van der Waals surface area contributed by atoms with Gasteiger partial charge in [-0.3, -0.25) is 9.59 Å².